The van der Waals surface area contributed by atoms with E-state index in [1.165, 1.54) is 0 Å². The Balaban J connectivity index is 2.80. The van der Waals surface area contributed by atoms with Gasteiger partial charge in [-0.05, 0) is 18.6 Å². The van der Waals surface area contributed by atoms with E-state index in [-0.39, 0.29) is 17.6 Å². The molecule has 0 bridgehead atoms. The SMILES string of the molecule is CCC(N)C(Oc1ccccc1)C(C)(C)C. The maximum absolute atomic E-state index is 6.13. The zero-order valence-corrected chi connectivity index (χ0v) is 10.7. The third kappa shape index (κ3) is 3.53. The second-order valence-electron chi connectivity index (χ2n) is 5.29. The highest BCUT2D eigenvalue weighted by molar-refractivity contribution is 5.21. The van der Waals surface area contributed by atoms with Crippen molar-refractivity contribution in [3.63, 3.8) is 0 Å². The lowest BCUT2D eigenvalue weighted by molar-refractivity contribution is 0.0622. The molecule has 1 aromatic rings. The summed E-state index contributed by atoms with van der Waals surface area (Å²) in [5, 5.41) is 0. The summed E-state index contributed by atoms with van der Waals surface area (Å²) < 4.78 is 6.01. The van der Waals surface area contributed by atoms with E-state index < -0.39 is 0 Å². The number of benzene rings is 1. The van der Waals surface area contributed by atoms with E-state index in [0.717, 1.165) is 12.2 Å². The van der Waals surface area contributed by atoms with Crippen LogP contribution >= 0.6 is 0 Å². The maximum atomic E-state index is 6.13. The zero-order valence-electron chi connectivity index (χ0n) is 10.7. The Labute approximate surface area is 98.8 Å². The molecule has 1 aromatic carbocycles. The summed E-state index contributed by atoms with van der Waals surface area (Å²) in [7, 11) is 0. The van der Waals surface area contributed by atoms with Crippen LogP contribution < -0.4 is 10.5 Å². The first-order chi connectivity index (χ1) is 7.45. The third-order valence-corrected chi connectivity index (χ3v) is 2.72. The van der Waals surface area contributed by atoms with Crippen LogP contribution in [-0.4, -0.2) is 12.1 Å². The molecule has 0 amide bonds. The maximum Gasteiger partial charge on any atom is 0.119 e. The Bertz CT molecular complexity index is 302. The van der Waals surface area contributed by atoms with Gasteiger partial charge < -0.3 is 10.5 Å². The molecule has 16 heavy (non-hydrogen) atoms. The predicted molar refractivity (Wildman–Crippen MR) is 68.6 cm³/mol. The molecule has 0 radical (unpaired) electrons. The smallest absolute Gasteiger partial charge is 0.119 e. The zero-order chi connectivity index (χ0) is 12.2. The molecule has 0 aliphatic heterocycles. The Morgan fingerprint density at radius 3 is 2.19 bits per heavy atom. The second-order valence-corrected chi connectivity index (χ2v) is 5.29. The van der Waals surface area contributed by atoms with Crippen LogP contribution in [0.15, 0.2) is 30.3 Å². The normalized spacial score (nSPS) is 15.6. The number of rotatable bonds is 4. The number of hydrogen-bond acceptors (Lipinski definition) is 2. The van der Waals surface area contributed by atoms with E-state index in [0.29, 0.717) is 0 Å². The van der Waals surface area contributed by atoms with Crippen molar-refractivity contribution < 1.29 is 4.74 Å². The van der Waals surface area contributed by atoms with Crippen LogP contribution in [0.2, 0.25) is 0 Å². The molecule has 0 saturated carbocycles. The fraction of sp³-hybridized carbons (Fsp3) is 0.571. The fourth-order valence-corrected chi connectivity index (χ4v) is 1.77. The lowest BCUT2D eigenvalue weighted by Gasteiger charge is -2.35. The first-order valence-corrected chi connectivity index (χ1v) is 5.92. The molecule has 2 N–H and O–H groups in total. The average molecular weight is 221 g/mol. The molecule has 2 atom stereocenters. The minimum Gasteiger partial charge on any atom is -0.488 e. The Hall–Kier alpha value is -1.02. The average Bonchev–Trinajstić information content (AvgIpc) is 2.25. The van der Waals surface area contributed by atoms with E-state index in [1.54, 1.807) is 0 Å². The minimum atomic E-state index is 0.0416. The van der Waals surface area contributed by atoms with Gasteiger partial charge in [0.15, 0.2) is 0 Å². The second kappa shape index (κ2) is 5.35. The van der Waals surface area contributed by atoms with Gasteiger partial charge in [-0.25, -0.2) is 0 Å². The van der Waals surface area contributed by atoms with E-state index in [2.05, 4.69) is 27.7 Å². The van der Waals surface area contributed by atoms with Gasteiger partial charge in [-0.15, -0.1) is 0 Å². The van der Waals surface area contributed by atoms with Crippen LogP contribution in [0.5, 0.6) is 5.75 Å². The summed E-state index contributed by atoms with van der Waals surface area (Å²) in [5.74, 6) is 0.895. The summed E-state index contributed by atoms with van der Waals surface area (Å²) in [6.45, 7) is 8.58. The third-order valence-electron chi connectivity index (χ3n) is 2.72. The highest BCUT2D eigenvalue weighted by Crippen LogP contribution is 2.27. The molecule has 90 valence electrons. The molecule has 0 fully saturated rings. The van der Waals surface area contributed by atoms with Gasteiger partial charge in [0.2, 0.25) is 0 Å². The number of ether oxygens (including phenoxy) is 1. The molecule has 0 aromatic heterocycles. The highest BCUT2D eigenvalue weighted by Gasteiger charge is 2.31. The summed E-state index contributed by atoms with van der Waals surface area (Å²) in [5.41, 5.74) is 6.17. The Kier molecular flexibility index (Phi) is 4.36. The fourth-order valence-electron chi connectivity index (χ4n) is 1.77. The van der Waals surface area contributed by atoms with Crippen molar-refractivity contribution in [2.45, 2.75) is 46.3 Å². The largest absolute Gasteiger partial charge is 0.488 e. The monoisotopic (exact) mass is 221 g/mol. The Morgan fingerprint density at radius 2 is 1.75 bits per heavy atom. The van der Waals surface area contributed by atoms with Crippen molar-refractivity contribution in [1.82, 2.24) is 0 Å². The van der Waals surface area contributed by atoms with Gasteiger partial charge in [0.1, 0.15) is 11.9 Å². The van der Waals surface area contributed by atoms with E-state index >= 15 is 0 Å². The highest BCUT2D eigenvalue weighted by atomic mass is 16.5. The van der Waals surface area contributed by atoms with Crippen LogP contribution in [0.4, 0.5) is 0 Å². The molecule has 0 aliphatic carbocycles. The Morgan fingerprint density at radius 1 is 1.19 bits per heavy atom. The molecule has 0 heterocycles. The molecule has 0 saturated heterocycles. The minimum absolute atomic E-state index is 0.0416. The van der Waals surface area contributed by atoms with E-state index in [1.807, 2.05) is 30.3 Å². The molecule has 2 unspecified atom stereocenters. The van der Waals surface area contributed by atoms with Crippen molar-refractivity contribution in [3.8, 4) is 5.75 Å². The first-order valence-electron chi connectivity index (χ1n) is 5.92. The van der Waals surface area contributed by atoms with Gasteiger partial charge >= 0.3 is 0 Å². The van der Waals surface area contributed by atoms with Crippen molar-refractivity contribution in [2.24, 2.45) is 11.1 Å². The first kappa shape index (κ1) is 13.0. The van der Waals surface area contributed by atoms with Gasteiger partial charge in [0, 0.05) is 11.5 Å². The van der Waals surface area contributed by atoms with Crippen molar-refractivity contribution in [3.05, 3.63) is 30.3 Å². The number of nitrogens with two attached hydrogens (primary N) is 1. The van der Waals surface area contributed by atoms with Crippen LogP contribution in [-0.2, 0) is 0 Å². The summed E-state index contributed by atoms with van der Waals surface area (Å²) in [4.78, 5) is 0. The molecular weight excluding hydrogens is 198 g/mol. The van der Waals surface area contributed by atoms with Gasteiger partial charge in [-0.1, -0.05) is 45.9 Å². The van der Waals surface area contributed by atoms with Crippen LogP contribution in [0, 0.1) is 5.41 Å². The lowest BCUT2D eigenvalue weighted by atomic mass is 9.84. The molecule has 2 heteroatoms. The summed E-state index contributed by atoms with van der Waals surface area (Å²) in [6.07, 6.45) is 0.967. The van der Waals surface area contributed by atoms with Crippen LogP contribution in [0.25, 0.3) is 0 Å². The molecule has 0 spiro atoms. The van der Waals surface area contributed by atoms with Crippen LogP contribution in [0.3, 0.4) is 0 Å². The summed E-state index contributed by atoms with van der Waals surface area (Å²) in [6, 6.07) is 9.96. The lowest BCUT2D eigenvalue weighted by Crippen LogP contribution is -2.47. The van der Waals surface area contributed by atoms with Crippen molar-refractivity contribution >= 4 is 0 Å². The molecule has 0 aliphatic rings. The topological polar surface area (TPSA) is 35.2 Å². The standard InChI is InChI=1S/C14H23NO/c1-5-12(15)13(14(2,3)4)16-11-9-7-6-8-10-11/h6-10,12-13H,5,15H2,1-4H3. The van der Waals surface area contributed by atoms with Crippen molar-refractivity contribution in [2.75, 3.05) is 0 Å². The molecule has 1 rings (SSSR count). The van der Waals surface area contributed by atoms with Gasteiger partial charge in [0.05, 0.1) is 0 Å². The molecule has 2 nitrogen and oxygen atoms in total. The van der Waals surface area contributed by atoms with Crippen molar-refractivity contribution in [1.29, 1.82) is 0 Å². The van der Waals surface area contributed by atoms with E-state index in [9.17, 15) is 0 Å². The number of para-hydroxylation sites is 1. The van der Waals surface area contributed by atoms with Gasteiger partial charge in [0.25, 0.3) is 0 Å². The molecular formula is C14H23NO. The van der Waals surface area contributed by atoms with E-state index in [4.69, 9.17) is 10.5 Å². The summed E-state index contributed by atoms with van der Waals surface area (Å²) >= 11 is 0. The van der Waals surface area contributed by atoms with Gasteiger partial charge in [-0.3, -0.25) is 0 Å². The van der Waals surface area contributed by atoms with Crippen LogP contribution in [0.1, 0.15) is 34.1 Å². The quantitative estimate of drug-likeness (QED) is 0.847. The predicted octanol–water partition coefficient (Wildman–Crippen LogP) is 3.22. The number of hydrogen-bond donors (Lipinski definition) is 1. The van der Waals surface area contributed by atoms with Gasteiger partial charge in [-0.2, -0.15) is 0 Å².